The Morgan fingerprint density at radius 3 is 2.93 bits per heavy atom. The van der Waals surface area contributed by atoms with Crippen LogP contribution < -0.4 is 10.6 Å². The number of benzene rings is 1. The van der Waals surface area contributed by atoms with Crippen LogP contribution in [0.2, 0.25) is 0 Å². The van der Waals surface area contributed by atoms with Crippen LogP contribution >= 0.6 is 23.6 Å². The van der Waals surface area contributed by atoms with Crippen LogP contribution in [0.25, 0.3) is 10.2 Å². The standard InChI is InChI=1S/C9H9N3S2/c1-10-8(13)12-9-11-6-4-2-3-5-7(6)14-9/h2-5H,1H3,(H2,10,11,12,13). The summed E-state index contributed by atoms with van der Waals surface area (Å²) in [5, 5.41) is 7.27. The molecule has 0 atom stereocenters. The van der Waals surface area contributed by atoms with Crippen molar-refractivity contribution < 1.29 is 0 Å². The van der Waals surface area contributed by atoms with Gasteiger partial charge in [0.2, 0.25) is 0 Å². The Morgan fingerprint density at radius 2 is 2.21 bits per heavy atom. The first-order valence-corrected chi connectivity index (χ1v) is 5.36. The highest BCUT2D eigenvalue weighted by Gasteiger charge is 2.02. The van der Waals surface area contributed by atoms with Crippen LogP contribution in [0, 0.1) is 0 Å². The van der Waals surface area contributed by atoms with Crippen molar-refractivity contribution in [2.24, 2.45) is 0 Å². The van der Waals surface area contributed by atoms with Gasteiger partial charge in [0.1, 0.15) is 0 Å². The Morgan fingerprint density at radius 1 is 1.43 bits per heavy atom. The molecule has 3 nitrogen and oxygen atoms in total. The van der Waals surface area contributed by atoms with Gasteiger partial charge in [0.05, 0.1) is 10.2 Å². The van der Waals surface area contributed by atoms with Crippen molar-refractivity contribution in [3.8, 4) is 0 Å². The summed E-state index contributed by atoms with van der Waals surface area (Å²) in [7, 11) is 1.78. The van der Waals surface area contributed by atoms with Crippen molar-refractivity contribution >= 4 is 44.0 Å². The van der Waals surface area contributed by atoms with E-state index in [2.05, 4.69) is 15.6 Å². The molecule has 2 rings (SSSR count). The molecule has 0 amide bonds. The Bertz CT molecular complexity index is 431. The molecule has 14 heavy (non-hydrogen) atoms. The normalized spacial score (nSPS) is 10.1. The SMILES string of the molecule is CNC(=S)Nc1nc2ccccc2s1. The summed E-state index contributed by atoms with van der Waals surface area (Å²) in [5.74, 6) is 0. The minimum absolute atomic E-state index is 0.587. The van der Waals surface area contributed by atoms with Gasteiger partial charge in [0.15, 0.2) is 10.2 Å². The molecule has 0 bridgehead atoms. The molecule has 0 radical (unpaired) electrons. The lowest BCUT2D eigenvalue weighted by atomic mass is 10.3. The molecular weight excluding hydrogens is 214 g/mol. The van der Waals surface area contributed by atoms with E-state index in [0.29, 0.717) is 5.11 Å². The second-order valence-electron chi connectivity index (χ2n) is 2.69. The third-order valence-electron chi connectivity index (χ3n) is 1.74. The van der Waals surface area contributed by atoms with Crippen LogP contribution in [-0.2, 0) is 0 Å². The number of nitrogens with zero attached hydrogens (tertiary/aromatic N) is 1. The topological polar surface area (TPSA) is 37.0 Å². The van der Waals surface area contributed by atoms with Gasteiger partial charge in [-0.05, 0) is 24.4 Å². The molecule has 2 aromatic rings. The number of nitrogens with one attached hydrogen (secondary N) is 2. The quantitative estimate of drug-likeness (QED) is 0.727. The van der Waals surface area contributed by atoms with Crippen molar-refractivity contribution in [1.29, 1.82) is 0 Å². The first-order valence-electron chi connectivity index (χ1n) is 4.14. The van der Waals surface area contributed by atoms with Gasteiger partial charge >= 0.3 is 0 Å². The fraction of sp³-hybridized carbons (Fsp3) is 0.111. The van der Waals surface area contributed by atoms with E-state index in [1.165, 1.54) is 0 Å². The van der Waals surface area contributed by atoms with Gasteiger partial charge in [0.25, 0.3) is 0 Å². The molecule has 1 heterocycles. The smallest absolute Gasteiger partial charge is 0.190 e. The van der Waals surface area contributed by atoms with E-state index in [4.69, 9.17) is 12.2 Å². The number of para-hydroxylation sites is 1. The molecule has 0 aliphatic carbocycles. The Labute approximate surface area is 91.2 Å². The summed E-state index contributed by atoms with van der Waals surface area (Å²) in [6.07, 6.45) is 0. The van der Waals surface area contributed by atoms with Gasteiger partial charge < -0.3 is 10.6 Å². The predicted octanol–water partition coefficient (Wildman–Crippen LogP) is 2.21. The summed E-state index contributed by atoms with van der Waals surface area (Å²) < 4.78 is 1.16. The van der Waals surface area contributed by atoms with Gasteiger partial charge in [-0.2, -0.15) is 0 Å². The van der Waals surface area contributed by atoms with Gasteiger partial charge in [0, 0.05) is 7.05 Å². The number of aromatic nitrogens is 1. The number of thiazole rings is 1. The molecule has 0 aliphatic rings. The number of thiocarbonyl (C=S) groups is 1. The number of rotatable bonds is 1. The van der Waals surface area contributed by atoms with Crippen LogP contribution in [0.4, 0.5) is 5.13 Å². The van der Waals surface area contributed by atoms with Crippen LogP contribution in [-0.4, -0.2) is 17.1 Å². The molecule has 2 N–H and O–H groups in total. The fourth-order valence-electron chi connectivity index (χ4n) is 1.09. The number of anilines is 1. The molecule has 0 unspecified atom stereocenters. The van der Waals surface area contributed by atoms with Crippen molar-refractivity contribution in [1.82, 2.24) is 10.3 Å². The van der Waals surface area contributed by atoms with E-state index in [1.54, 1.807) is 18.4 Å². The first kappa shape index (κ1) is 9.36. The molecule has 0 saturated heterocycles. The van der Waals surface area contributed by atoms with Gasteiger partial charge in [-0.15, -0.1) is 0 Å². The van der Waals surface area contributed by atoms with E-state index in [9.17, 15) is 0 Å². The molecule has 0 aliphatic heterocycles. The predicted molar refractivity (Wildman–Crippen MR) is 64.9 cm³/mol. The van der Waals surface area contributed by atoms with Crippen LogP contribution in [0.15, 0.2) is 24.3 Å². The third kappa shape index (κ3) is 1.83. The monoisotopic (exact) mass is 223 g/mol. The minimum Gasteiger partial charge on any atom is -0.365 e. The zero-order valence-corrected chi connectivity index (χ0v) is 9.21. The van der Waals surface area contributed by atoms with E-state index < -0.39 is 0 Å². The summed E-state index contributed by atoms with van der Waals surface area (Å²) in [6.45, 7) is 0. The maximum absolute atomic E-state index is 4.99. The molecule has 0 fully saturated rings. The summed E-state index contributed by atoms with van der Waals surface area (Å²) >= 11 is 6.58. The highest BCUT2D eigenvalue weighted by atomic mass is 32.1. The lowest BCUT2D eigenvalue weighted by Crippen LogP contribution is -2.23. The zero-order valence-electron chi connectivity index (χ0n) is 7.57. The zero-order chi connectivity index (χ0) is 9.97. The van der Waals surface area contributed by atoms with Crippen molar-refractivity contribution in [3.63, 3.8) is 0 Å². The first-order chi connectivity index (χ1) is 6.79. The van der Waals surface area contributed by atoms with E-state index in [0.717, 1.165) is 15.3 Å². The lowest BCUT2D eigenvalue weighted by Gasteiger charge is -2.00. The molecule has 5 heteroatoms. The number of fused-ring (bicyclic) bond motifs is 1. The maximum Gasteiger partial charge on any atom is 0.190 e. The molecule has 0 saturated carbocycles. The van der Waals surface area contributed by atoms with Crippen LogP contribution in [0.5, 0.6) is 0 Å². The molecule has 0 spiro atoms. The average Bonchev–Trinajstić information content (AvgIpc) is 2.59. The lowest BCUT2D eigenvalue weighted by molar-refractivity contribution is 1.19. The highest BCUT2D eigenvalue weighted by molar-refractivity contribution is 7.80. The minimum atomic E-state index is 0.587. The Kier molecular flexibility index (Phi) is 2.60. The Balaban J connectivity index is 2.31. The van der Waals surface area contributed by atoms with Gasteiger partial charge in [-0.25, -0.2) is 4.98 Å². The molecular formula is C9H9N3S2. The van der Waals surface area contributed by atoms with E-state index in [1.807, 2.05) is 24.3 Å². The summed E-state index contributed by atoms with van der Waals surface area (Å²) in [4.78, 5) is 4.38. The van der Waals surface area contributed by atoms with Crippen molar-refractivity contribution in [2.45, 2.75) is 0 Å². The fourth-order valence-corrected chi connectivity index (χ4v) is 2.12. The largest absolute Gasteiger partial charge is 0.365 e. The molecule has 72 valence electrons. The second kappa shape index (κ2) is 3.89. The van der Waals surface area contributed by atoms with Gasteiger partial charge in [-0.3, -0.25) is 0 Å². The van der Waals surface area contributed by atoms with Crippen LogP contribution in [0.3, 0.4) is 0 Å². The number of hydrogen-bond donors (Lipinski definition) is 2. The molecule has 1 aromatic carbocycles. The Hall–Kier alpha value is -1.20. The van der Waals surface area contributed by atoms with Gasteiger partial charge in [-0.1, -0.05) is 23.5 Å². The average molecular weight is 223 g/mol. The molecule has 1 aromatic heterocycles. The van der Waals surface area contributed by atoms with Crippen molar-refractivity contribution in [2.75, 3.05) is 12.4 Å². The number of hydrogen-bond acceptors (Lipinski definition) is 3. The van der Waals surface area contributed by atoms with E-state index >= 15 is 0 Å². The summed E-state index contributed by atoms with van der Waals surface area (Å²) in [6, 6.07) is 8.00. The third-order valence-corrected chi connectivity index (χ3v) is 3.00. The highest BCUT2D eigenvalue weighted by Crippen LogP contribution is 2.24. The van der Waals surface area contributed by atoms with Crippen LogP contribution in [0.1, 0.15) is 0 Å². The van der Waals surface area contributed by atoms with Crippen molar-refractivity contribution in [3.05, 3.63) is 24.3 Å². The van der Waals surface area contributed by atoms with E-state index in [-0.39, 0.29) is 0 Å². The second-order valence-corrected chi connectivity index (χ2v) is 4.13. The maximum atomic E-state index is 4.99. The summed E-state index contributed by atoms with van der Waals surface area (Å²) in [5.41, 5.74) is 0.999.